The molecule has 1 unspecified atom stereocenters. The lowest BCUT2D eigenvalue weighted by molar-refractivity contribution is 0.574. The standard InChI is InChI=1S/C14H9BrF2N2O/c15-13(9-3-2-8(16)6-10(9)17)7-1-4-11-12(5-7)19-14(20)18-11/h1-6,13H,(H2,18,19,20). The van der Waals surface area contributed by atoms with Gasteiger partial charge in [0.1, 0.15) is 11.6 Å². The highest BCUT2D eigenvalue weighted by Gasteiger charge is 2.16. The Morgan fingerprint density at radius 2 is 1.75 bits per heavy atom. The van der Waals surface area contributed by atoms with Crippen LogP contribution in [0.4, 0.5) is 8.78 Å². The number of alkyl halides is 1. The molecule has 2 N–H and O–H groups in total. The van der Waals surface area contributed by atoms with E-state index in [2.05, 4.69) is 25.9 Å². The number of aromatic nitrogens is 2. The van der Waals surface area contributed by atoms with Crippen LogP contribution in [0, 0.1) is 11.6 Å². The third-order valence-corrected chi connectivity index (χ3v) is 4.09. The van der Waals surface area contributed by atoms with Gasteiger partial charge in [-0.3, -0.25) is 0 Å². The number of hydrogen-bond donors (Lipinski definition) is 2. The van der Waals surface area contributed by atoms with Crippen LogP contribution in [0.5, 0.6) is 0 Å². The fraction of sp³-hybridized carbons (Fsp3) is 0.0714. The maximum atomic E-state index is 13.8. The van der Waals surface area contributed by atoms with E-state index < -0.39 is 16.5 Å². The maximum Gasteiger partial charge on any atom is 0.323 e. The molecular formula is C14H9BrF2N2O. The van der Waals surface area contributed by atoms with Crippen LogP contribution >= 0.6 is 15.9 Å². The van der Waals surface area contributed by atoms with Crippen molar-refractivity contribution in [3.05, 3.63) is 69.6 Å². The van der Waals surface area contributed by atoms with Gasteiger partial charge in [0.2, 0.25) is 0 Å². The molecule has 0 aliphatic carbocycles. The highest BCUT2D eigenvalue weighted by atomic mass is 79.9. The van der Waals surface area contributed by atoms with Crippen molar-refractivity contribution in [2.45, 2.75) is 4.83 Å². The zero-order valence-corrected chi connectivity index (χ0v) is 11.7. The van der Waals surface area contributed by atoms with Crippen LogP contribution in [0.3, 0.4) is 0 Å². The predicted octanol–water partition coefficient (Wildman–Crippen LogP) is 3.62. The quantitative estimate of drug-likeness (QED) is 0.689. The van der Waals surface area contributed by atoms with Gasteiger partial charge in [-0.2, -0.15) is 0 Å². The van der Waals surface area contributed by atoms with Gasteiger partial charge in [0, 0.05) is 11.6 Å². The predicted molar refractivity (Wildman–Crippen MR) is 76.0 cm³/mol. The minimum absolute atomic E-state index is 0.295. The zero-order chi connectivity index (χ0) is 14.3. The van der Waals surface area contributed by atoms with Crippen molar-refractivity contribution in [3.63, 3.8) is 0 Å². The van der Waals surface area contributed by atoms with Gasteiger partial charge < -0.3 is 9.97 Å². The van der Waals surface area contributed by atoms with Gasteiger partial charge in [-0.25, -0.2) is 13.6 Å². The van der Waals surface area contributed by atoms with Crippen molar-refractivity contribution in [2.24, 2.45) is 0 Å². The first-order valence-electron chi connectivity index (χ1n) is 5.85. The Labute approximate surface area is 120 Å². The van der Waals surface area contributed by atoms with E-state index in [0.717, 1.165) is 11.6 Å². The number of benzene rings is 2. The molecule has 6 heteroatoms. The first-order chi connectivity index (χ1) is 9.54. The summed E-state index contributed by atoms with van der Waals surface area (Å²) in [5.41, 5.74) is 2.12. The lowest BCUT2D eigenvalue weighted by atomic mass is 10.0. The third kappa shape index (κ3) is 2.27. The Balaban J connectivity index is 2.06. The van der Waals surface area contributed by atoms with Gasteiger partial charge in [-0.15, -0.1) is 0 Å². The average molecular weight is 339 g/mol. The van der Waals surface area contributed by atoms with Crippen molar-refractivity contribution in [1.82, 2.24) is 9.97 Å². The van der Waals surface area contributed by atoms with Gasteiger partial charge in [0.05, 0.1) is 15.9 Å². The second kappa shape index (κ2) is 4.86. The molecule has 0 bridgehead atoms. The highest BCUT2D eigenvalue weighted by molar-refractivity contribution is 9.09. The van der Waals surface area contributed by atoms with Gasteiger partial charge in [0.25, 0.3) is 0 Å². The summed E-state index contributed by atoms with van der Waals surface area (Å²) < 4.78 is 26.7. The van der Waals surface area contributed by atoms with Crippen molar-refractivity contribution in [2.75, 3.05) is 0 Å². The summed E-state index contributed by atoms with van der Waals surface area (Å²) in [6.45, 7) is 0. The molecule has 0 saturated carbocycles. The Hall–Kier alpha value is -1.95. The van der Waals surface area contributed by atoms with Gasteiger partial charge >= 0.3 is 5.69 Å². The molecule has 0 aliphatic rings. The highest BCUT2D eigenvalue weighted by Crippen LogP contribution is 2.33. The number of fused-ring (bicyclic) bond motifs is 1. The molecule has 0 saturated heterocycles. The fourth-order valence-corrected chi connectivity index (χ4v) is 2.75. The molecular weight excluding hydrogens is 330 g/mol. The zero-order valence-electron chi connectivity index (χ0n) is 10.1. The Kier molecular flexibility index (Phi) is 3.17. The van der Waals surface area contributed by atoms with Crippen molar-refractivity contribution >= 4 is 27.0 Å². The Bertz CT molecular complexity index is 841. The van der Waals surface area contributed by atoms with E-state index >= 15 is 0 Å². The molecule has 0 aliphatic heterocycles. The van der Waals surface area contributed by atoms with E-state index in [0.29, 0.717) is 16.6 Å². The minimum atomic E-state index is -0.616. The maximum absolute atomic E-state index is 13.8. The van der Waals surface area contributed by atoms with Gasteiger partial charge in [-0.1, -0.05) is 28.1 Å². The Morgan fingerprint density at radius 3 is 2.50 bits per heavy atom. The van der Waals surface area contributed by atoms with E-state index in [-0.39, 0.29) is 5.69 Å². The molecule has 1 aromatic heterocycles. The van der Waals surface area contributed by atoms with E-state index in [1.54, 1.807) is 18.2 Å². The number of H-pyrrole nitrogens is 2. The summed E-state index contributed by atoms with van der Waals surface area (Å²) in [6.07, 6.45) is 0. The summed E-state index contributed by atoms with van der Waals surface area (Å²) in [6, 6.07) is 8.71. The molecule has 0 fully saturated rings. The lowest BCUT2D eigenvalue weighted by Gasteiger charge is -2.12. The van der Waals surface area contributed by atoms with Crippen LogP contribution in [0.2, 0.25) is 0 Å². The van der Waals surface area contributed by atoms with E-state index in [9.17, 15) is 13.6 Å². The molecule has 2 aromatic carbocycles. The summed E-state index contributed by atoms with van der Waals surface area (Å²) >= 11 is 3.40. The van der Waals surface area contributed by atoms with Crippen LogP contribution in [-0.4, -0.2) is 9.97 Å². The first kappa shape index (κ1) is 13.1. The average Bonchev–Trinajstić information content (AvgIpc) is 2.77. The molecule has 3 aromatic rings. The number of rotatable bonds is 2. The lowest BCUT2D eigenvalue weighted by Crippen LogP contribution is -1.99. The smallest absolute Gasteiger partial charge is 0.306 e. The molecule has 0 radical (unpaired) electrons. The molecule has 1 atom stereocenters. The molecule has 1 heterocycles. The van der Waals surface area contributed by atoms with Crippen molar-refractivity contribution < 1.29 is 8.78 Å². The molecule has 3 nitrogen and oxygen atoms in total. The number of aromatic amines is 2. The van der Waals surface area contributed by atoms with E-state index in [1.807, 2.05) is 0 Å². The fourth-order valence-electron chi connectivity index (χ4n) is 2.09. The molecule has 0 spiro atoms. The second-order valence-electron chi connectivity index (χ2n) is 4.41. The third-order valence-electron chi connectivity index (χ3n) is 3.07. The number of nitrogens with one attached hydrogen (secondary N) is 2. The molecule has 3 rings (SSSR count). The SMILES string of the molecule is O=c1[nH]c2ccc(C(Br)c3ccc(F)cc3F)cc2[nH]1. The largest absolute Gasteiger partial charge is 0.323 e. The summed E-state index contributed by atoms with van der Waals surface area (Å²) in [4.78, 5) is 16.1. The molecule has 0 amide bonds. The Morgan fingerprint density at radius 1 is 1.00 bits per heavy atom. The van der Waals surface area contributed by atoms with Crippen LogP contribution in [0.25, 0.3) is 11.0 Å². The van der Waals surface area contributed by atoms with Crippen molar-refractivity contribution in [1.29, 1.82) is 0 Å². The topological polar surface area (TPSA) is 48.6 Å². The summed E-state index contributed by atoms with van der Waals surface area (Å²) in [7, 11) is 0. The minimum Gasteiger partial charge on any atom is -0.306 e. The number of imidazole rings is 1. The van der Waals surface area contributed by atoms with Crippen LogP contribution in [0.15, 0.2) is 41.2 Å². The van der Waals surface area contributed by atoms with Crippen LogP contribution in [0.1, 0.15) is 16.0 Å². The summed E-state index contributed by atoms with van der Waals surface area (Å²) in [5, 5.41) is 0. The van der Waals surface area contributed by atoms with E-state index in [4.69, 9.17) is 0 Å². The molecule has 20 heavy (non-hydrogen) atoms. The number of halogens is 3. The monoisotopic (exact) mass is 338 g/mol. The number of hydrogen-bond acceptors (Lipinski definition) is 1. The first-order valence-corrected chi connectivity index (χ1v) is 6.77. The molecule has 102 valence electrons. The normalized spacial score (nSPS) is 12.8. The van der Waals surface area contributed by atoms with Crippen molar-refractivity contribution in [3.8, 4) is 0 Å². The van der Waals surface area contributed by atoms with Gasteiger partial charge in [0.15, 0.2) is 0 Å². The summed E-state index contributed by atoms with van der Waals surface area (Å²) in [5.74, 6) is -1.23. The van der Waals surface area contributed by atoms with Gasteiger partial charge in [-0.05, 0) is 23.8 Å². The van der Waals surface area contributed by atoms with E-state index in [1.165, 1.54) is 12.1 Å². The van der Waals surface area contributed by atoms with Crippen LogP contribution < -0.4 is 5.69 Å². The second-order valence-corrected chi connectivity index (χ2v) is 5.33. The van der Waals surface area contributed by atoms with Crippen LogP contribution in [-0.2, 0) is 0 Å².